The summed E-state index contributed by atoms with van der Waals surface area (Å²) < 4.78 is 10.3. The molecule has 1 heterocycles. The van der Waals surface area contributed by atoms with Gasteiger partial charge in [-0.3, -0.25) is 0 Å². The third kappa shape index (κ3) is 3.15. The molecule has 1 aliphatic heterocycles. The van der Waals surface area contributed by atoms with Gasteiger partial charge < -0.3 is 14.6 Å². The molecule has 0 aromatic heterocycles. The third-order valence-electron chi connectivity index (χ3n) is 3.32. The van der Waals surface area contributed by atoms with Gasteiger partial charge in [-0.15, -0.1) is 0 Å². The van der Waals surface area contributed by atoms with Crippen LogP contribution in [0.3, 0.4) is 0 Å². The van der Waals surface area contributed by atoms with E-state index in [1.54, 1.807) is 6.08 Å². The number of carbonyl (C=O) groups is 1. The Kier molecular flexibility index (Phi) is 4.22. The molecule has 0 unspecified atom stereocenters. The average molecular weight is 262 g/mol. The minimum atomic E-state index is -0.372. The van der Waals surface area contributed by atoms with Crippen molar-refractivity contribution in [2.75, 3.05) is 13.7 Å². The summed E-state index contributed by atoms with van der Waals surface area (Å²) in [4.78, 5) is 11.0. The Bertz CT molecular complexity index is 493. The van der Waals surface area contributed by atoms with Crippen molar-refractivity contribution in [2.24, 2.45) is 5.92 Å². The highest BCUT2D eigenvalue weighted by atomic mass is 16.5. The fourth-order valence-corrected chi connectivity index (χ4v) is 2.07. The number of rotatable bonds is 4. The molecule has 1 aromatic carbocycles. The summed E-state index contributed by atoms with van der Waals surface area (Å²) in [5.41, 5.74) is 2.04. The average Bonchev–Trinajstić information content (AvgIpc) is 2.86. The molecule has 0 saturated carbocycles. The first kappa shape index (κ1) is 13.6. The summed E-state index contributed by atoms with van der Waals surface area (Å²) in [6.45, 7) is 2.09. The van der Waals surface area contributed by atoms with Gasteiger partial charge in [-0.2, -0.15) is 0 Å². The van der Waals surface area contributed by atoms with Crippen molar-refractivity contribution in [3.63, 3.8) is 0 Å². The van der Waals surface area contributed by atoms with Gasteiger partial charge in [0.2, 0.25) is 0 Å². The lowest BCUT2D eigenvalue weighted by molar-refractivity contribution is -0.134. The molecule has 0 saturated heterocycles. The molecule has 4 nitrogen and oxygen atoms in total. The smallest absolute Gasteiger partial charge is 0.330 e. The van der Waals surface area contributed by atoms with Crippen molar-refractivity contribution in [3.8, 4) is 5.75 Å². The van der Waals surface area contributed by atoms with Crippen LogP contribution in [0.4, 0.5) is 0 Å². The molecule has 2 atom stereocenters. The maximum Gasteiger partial charge on any atom is 0.330 e. The van der Waals surface area contributed by atoms with E-state index in [4.69, 9.17) is 9.84 Å². The molecule has 102 valence electrons. The van der Waals surface area contributed by atoms with Crippen molar-refractivity contribution >= 4 is 12.0 Å². The summed E-state index contributed by atoms with van der Waals surface area (Å²) in [6, 6.07) is 5.79. The summed E-state index contributed by atoms with van der Waals surface area (Å²) in [6.07, 6.45) is 3.93. The van der Waals surface area contributed by atoms with E-state index in [-0.39, 0.29) is 24.6 Å². The van der Waals surface area contributed by atoms with Crippen molar-refractivity contribution < 1.29 is 19.4 Å². The number of aliphatic hydroxyl groups is 1. The number of ether oxygens (including phenoxy) is 2. The summed E-state index contributed by atoms with van der Waals surface area (Å²) in [5, 5.41) is 9.16. The van der Waals surface area contributed by atoms with Gasteiger partial charge in [0.15, 0.2) is 0 Å². The molecule has 4 heteroatoms. The van der Waals surface area contributed by atoms with Gasteiger partial charge in [0.25, 0.3) is 0 Å². The Balaban J connectivity index is 2.11. The second-order valence-corrected chi connectivity index (χ2v) is 4.74. The highest BCUT2D eigenvalue weighted by Crippen LogP contribution is 2.32. The zero-order chi connectivity index (χ0) is 13.8. The van der Waals surface area contributed by atoms with Crippen LogP contribution in [0, 0.1) is 5.92 Å². The van der Waals surface area contributed by atoms with E-state index in [1.807, 2.05) is 25.1 Å². The number of methoxy groups -OCH3 is 1. The molecular formula is C15H18O4. The van der Waals surface area contributed by atoms with E-state index in [2.05, 4.69) is 4.74 Å². The van der Waals surface area contributed by atoms with E-state index < -0.39 is 0 Å². The maximum absolute atomic E-state index is 11.0. The normalized spacial score (nSPS) is 19.0. The fourth-order valence-electron chi connectivity index (χ4n) is 2.07. The predicted molar refractivity (Wildman–Crippen MR) is 71.9 cm³/mol. The van der Waals surface area contributed by atoms with Crippen LogP contribution in [0.5, 0.6) is 5.75 Å². The molecular weight excluding hydrogens is 244 g/mol. The van der Waals surface area contributed by atoms with Crippen molar-refractivity contribution in [1.82, 2.24) is 0 Å². The molecule has 1 aromatic rings. The monoisotopic (exact) mass is 262 g/mol. The Morgan fingerprint density at radius 3 is 3.11 bits per heavy atom. The van der Waals surface area contributed by atoms with E-state index in [0.717, 1.165) is 23.3 Å². The lowest BCUT2D eigenvalue weighted by atomic mass is 9.99. The van der Waals surface area contributed by atoms with Gasteiger partial charge in [-0.25, -0.2) is 4.79 Å². The van der Waals surface area contributed by atoms with Crippen LogP contribution < -0.4 is 4.74 Å². The second kappa shape index (κ2) is 5.89. The molecule has 0 radical (unpaired) electrons. The summed E-state index contributed by atoms with van der Waals surface area (Å²) in [5.74, 6) is 0.602. The van der Waals surface area contributed by atoms with Gasteiger partial charge in [0.05, 0.1) is 7.11 Å². The highest BCUT2D eigenvalue weighted by Gasteiger charge is 2.27. The van der Waals surface area contributed by atoms with Crippen LogP contribution in [0.2, 0.25) is 0 Å². The molecule has 0 aliphatic carbocycles. The maximum atomic E-state index is 11.0. The molecule has 1 aliphatic rings. The van der Waals surface area contributed by atoms with Crippen molar-refractivity contribution in [2.45, 2.75) is 19.4 Å². The Morgan fingerprint density at radius 2 is 2.42 bits per heavy atom. The number of hydrogen-bond donors (Lipinski definition) is 1. The van der Waals surface area contributed by atoms with Gasteiger partial charge in [-0.1, -0.05) is 13.0 Å². The largest absolute Gasteiger partial charge is 0.489 e. The summed E-state index contributed by atoms with van der Waals surface area (Å²) in [7, 11) is 1.35. The SMILES string of the molecule is COC(=O)/C=C/c1ccc2c(c1)C[C@@H]([C@H](C)CO)O2. The molecule has 0 fully saturated rings. The lowest BCUT2D eigenvalue weighted by Gasteiger charge is -2.16. The molecule has 0 spiro atoms. The van der Waals surface area contributed by atoms with Crippen LogP contribution in [0.25, 0.3) is 6.08 Å². The van der Waals surface area contributed by atoms with Crippen LogP contribution in [-0.2, 0) is 16.0 Å². The minimum absolute atomic E-state index is 0.0276. The number of carbonyl (C=O) groups excluding carboxylic acids is 1. The fraction of sp³-hybridized carbons (Fsp3) is 0.400. The van der Waals surface area contributed by atoms with Crippen molar-refractivity contribution in [1.29, 1.82) is 0 Å². The van der Waals surface area contributed by atoms with Crippen LogP contribution in [-0.4, -0.2) is 30.9 Å². The van der Waals surface area contributed by atoms with E-state index in [0.29, 0.717) is 0 Å². The number of aliphatic hydroxyl groups excluding tert-OH is 1. The van der Waals surface area contributed by atoms with E-state index in [9.17, 15) is 4.79 Å². The van der Waals surface area contributed by atoms with Crippen LogP contribution in [0.15, 0.2) is 24.3 Å². The quantitative estimate of drug-likeness (QED) is 0.664. The Labute approximate surface area is 112 Å². The van der Waals surface area contributed by atoms with Crippen LogP contribution >= 0.6 is 0 Å². The Morgan fingerprint density at radius 1 is 1.63 bits per heavy atom. The first-order chi connectivity index (χ1) is 9.13. The Hall–Kier alpha value is -1.81. The molecule has 2 rings (SSSR count). The highest BCUT2D eigenvalue weighted by molar-refractivity contribution is 5.87. The van der Waals surface area contributed by atoms with E-state index >= 15 is 0 Å². The molecule has 0 amide bonds. The van der Waals surface area contributed by atoms with Crippen molar-refractivity contribution in [3.05, 3.63) is 35.4 Å². The number of esters is 1. The van der Waals surface area contributed by atoms with Gasteiger partial charge >= 0.3 is 5.97 Å². The number of hydrogen-bond acceptors (Lipinski definition) is 4. The van der Waals surface area contributed by atoms with Gasteiger partial charge in [0.1, 0.15) is 11.9 Å². The second-order valence-electron chi connectivity index (χ2n) is 4.74. The first-order valence-electron chi connectivity index (χ1n) is 6.30. The minimum Gasteiger partial charge on any atom is -0.489 e. The topological polar surface area (TPSA) is 55.8 Å². The first-order valence-corrected chi connectivity index (χ1v) is 6.30. The third-order valence-corrected chi connectivity index (χ3v) is 3.32. The molecule has 19 heavy (non-hydrogen) atoms. The summed E-state index contributed by atoms with van der Waals surface area (Å²) >= 11 is 0. The zero-order valence-corrected chi connectivity index (χ0v) is 11.1. The molecule has 0 bridgehead atoms. The lowest BCUT2D eigenvalue weighted by Crippen LogP contribution is -2.25. The van der Waals surface area contributed by atoms with E-state index in [1.165, 1.54) is 13.2 Å². The zero-order valence-electron chi connectivity index (χ0n) is 11.1. The number of fused-ring (bicyclic) bond motifs is 1. The molecule has 1 N–H and O–H groups in total. The van der Waals surface area contributed by atoms with Gasteiger partial charge in [0, 0.05) is 25.0 Å². The predicted octanol–water partition coefficient (Wildman–Crippen LogP) is 1.80. The number of benzene rings is 1. The van der Waals surface area contributed by atoms with Gasteiger partial charge in [-0.05, 0) is 29.3 Å². The standard InChI is InChI=1S/C15H18O4/c1-10(9-16)14-8-12-7-11(3-5-13(12)19-14)4-6-15(17)18-2/h3-7,10,14,16H,8-9H2,1-2H3/b6-4+/t10-,14+/m1/s1. The van der Waals surface area contributed by atoms with Crippen LogP contribution in [0.1, 0.15) is 18.1 Å².